The average Bonchev–Trinajstić information content (AvgIpc) is 3.10. The van der Waals surface area contributed by atoms with Crippen LogP contribution >= 0.6 is 11.3 Å². The van der Waals surface area contributed by atoms with Crippen LogP contribution in [-0.4, -0.2) is 16.9 Å². The highest BCUT2D eigenvalue weighted by molar-refractivity contribution is 7.09. The summed E-state index contributed by atoms with van der Waals surface area (Å²) < 4.78 is 0. The van der Waals surface area contributed by atoms with E-state index >= 15 is 0 Å². The van der Waals surface area contributed by atoms with Crippen molar-refractivity contribution in [1.82, 2.24) is 10.3 Å². The summed E-state index contributed by atoms with van der Waals surface area (Å²) in [5.74, 6) is 0.0397. The molecular formula is C16H18N2OS. The van der Waals surface area contributed by atoms with E-state index in [1.165, 1.54) is 12.8 Å². The number of aromatic nitrogens is 1. The Morgan fingerprint density at radius 1 is 1.25 bits per heavy atom. The molecule has 3 nitrogen and oxygen atoms in total. The van der Waals surface area contributed by atoms with Crippen molar-refractivity contribution in [2.75, 3.05) is 0 Å². The van der Waals surface area contributed by atoms with Crippen LogP contribution in [-0.2, 0) is 0 Å². The molecule has 1 aliphatic rings. The fraction of sp³-hybridized carbons (Fsp3) is 0.375. The summed E-state index contributed by atoms with van der Waals surface area (Å²) in [5.41, 5.74) is 2.77. The van der Waals surface area contributed by atoms with E-state index in [2.05, 4.69) is 10.3 Å². The molecule has 0 aliphatic heterocycles. The third-order valence-corrected chi connectivity index (χ3v) is 4.53. The Labute approximate surface area is 123 Å². The Morgan fingerprint density at radius 2 is 1.95 bits per heavy atom. The normalized spacial score (nSPS) is 15.4. The molecule has 2 aromatic rings. The van der Waals surface area contributed by atoms with E-state index < -0.39 is 0 Å². The number of carbonyl (C=O) groups is 1. The van der Waals surface area contributed by atoms with E-state index in [0.717, 1.165) is 34.7 Å². The van der Waals surface area contributed by atoms with Crippen LogP contribution in [0.2, 0.25) is 0 Å². The third kappa shape index (κ3) is 2.90. The second kappa shape index (κ2) is 5.75. The van der Waals surface area contributed by atoms with Gasteiger partial charge in [0.25, 0.3) is 5.91 Å². The number of hydrogen-bond acceptors (Lipinski definition) is 3. The van der Waals surface area contributed by atoms with E-state index in [9.17, 15) is 4.79 Å². The van der Waals surface area contributed by atoms with Gasteiger partial charge >= 0.3 is 0 Å². The van der Waals surface area contributed by atoms with Crippen LogP contribution in [0, 0.1) is 6.92 Å². The quantitative estimate of drug-likeness (QED) is 0.932. The second-order valence-electron chi connectivity index (χ2n) is 5.28. The zero-order valence-electron chi connectivity index (χ0n) is 11.6. The van der Waals surface area contributed by atoms with Crippen molar-refractivity contribution in [2.24, 2.45) is 0 Å². The number of nitrogens with one attached hydrogen (secondary N) is 1. The van der Waals surface area contributed by atoms with Crippen molar-refractivity contribution in [3.05, 3.63) is 40.2 Å². The van der Waals surface area contributed by atoms with Gasteiger partial charge in [-0.1, -0.05) is 25.0 Å². The molecule has 1 saturated carbocycles. The minimum atomic E-state index is 0.0397. The van der Waals surface area contributed by atoms with Crippen LogP contribution in [0.1, 0.15) is 41.0 Å². The van der Waals surface area contributed by atoms with Crippen LogP contribution in [0.4, 0.5) is 0 Å². The van der Waals surface area contributed by atoms with Crippen LogP contribution in [0.3, 0.4) is 0 Å². The Morgan fingerprint density at radius 3 is 2.55 bits per heavy atom. The highest BCUT2D eigenvalue weighted by Gasteiger charge is 2.17. The van der Waals surface area contributed by atoms with Gasteiger partial charge < -0.3 is 5.32 Å². The summed E-state index contributed by atoms with van der Waals surface area (Å²) in [7, 11) is 0. The lowest BCUT2D eigenvalue weighted by Crippen LogP contribution is -2.32. The molecule has 1 heterocycles. The van der Waals surface area contributed by atoms with Crippen molar-refractivity contribution >= 4 is 17.2 Å². The van der Waals surface area contributed by atoms with E-state index in [1.807, 2.05) is 36.6 Å². The predicted octanol–water partition coefficient (Wildman–Crippen LogP) is 3.79. The van der Waals surface area contributed by atoms with E-state index in [4.69, 9.17) is 0 Å². The van der Waals surface area contributed by atoms with Gasteiger partial charge in [-0.25, -0.2) is 4.98 Å². The smallest absolute Gasteiger partial charge is 0.251 e. The molecule has 104 valence electrons. The van der Waals surface area contributed by atoms with Gasteiger partial charge in [0.05, 0.1) is 10.7 Å². The Balaban J connectivity index is 1.70. The van der Waals surface area contributed by atoms with Crippen LogP contribution in [0.5, 0.6) is 0 Å². The number of rotatable bonds is 3. The number of amides is 1. The first kappa shape index (κ1) is 13.3. The maximum atomic E-state index is 12.1. The Kier molecular flexibility index (Phi) is 3.83. The molecule has 3 rings (SSSR count). The first-order valence-electron chi connectivity index (χ1n) is 7.06. The first-order chi connectivity index (χ1) is 9.72. The zero-order valence-corrected chi connectivity index (χ0v) is 12.4. The molecular weight excluding hydrogens is 268 g/mol. The minimum Gasteiger partial charge on any atom is -0.349 e. The monoisotopic (exact) mass is 286 g/mol. The summed E-state index contributed by atoms with van der Waals surface area (Å²) in [6.07, 6.45) is 4.68. The summed E-state index contributed by atoms with van der Waals surface area (Å²) >= 11 is 1.64. The molecule has 1 N–H and O–H groups in total. The van der Waals surface area contributed by atoms with Gasteiger partial charge in [-0.3, -0.25) is 4.79 Å². The van der Waals surface area contributed by atoms with E-state index in [1.54, 1.807) is 11.3 Å². The summed E-state index contributed by atoms with van der Waals surface area (Å²) in [5, 5.41) is 6.21. The highest BCUT2D eigenvalue weighted by atomic mass is 32.1. The molecule has 0 bridgehead atoms. The topological polar surface area (TPSA) is 42.0 Å². The van der Waals surface area contributed by atoms with Crippen molar-refractivity contribution in [1.29, 1.82) is 0 Å². The summed E-state index contributed by atoms with van der Waals surface area (Å²) in [4.78, 5) is 16.6. The molecule has 1 aliphatic carbocycles. The fourth-order valence-corrected chi connectivity index (χ4v) is 3.25. The molecule has 0 atom stereocenters. The second-order valence-corrected chi connectivity index (χ2v) is 6.35. The van der Waals surface area contributed by atoms with E-state index in [0.29, 0.717) is 6.04 Å². The van der Waals surface area contributed by atoms with Gasteiger partial charge in [0, 0.05) is 22.5 Å². The number of hydrogen-bond donors (Lipinski definition) is 1. The largest absolute Gasteiger partial charge is 0.349 e. The summed E-state index contributed by atoms with van der Waals surface area (Å²) in [6.45, 7) is 2.00. The third-order valence-electron chi connectivity index (χ3n) is 3.75. The number of aryl methyl sites for hydroxylation is 1. The molecule has 1 aromatic carbocycles. The maximum absolute atomic E-state index is 12.1. The molecule has 1 amide bonds. The lowest BCUT2D eigenvalue weighted by atomic mass is 10.1. The lowest BCUT2D eigenvalue weighted by molar-refractivity contribution is 0.0938. The van der Waals surface area contributed by atoms with Gasteiger partial charge in [0.1, 0.15) is 0 Å². The SMILES string of the molecule is Cc1nc(-c2ccc(C(=O)NC3CCCC3)cc2)cs1. The standard InChI is InChI=1S/C16H18N2OS/c1-11-17-15(10-20-11)12-6-8-13(9-7-12)16(19)18-14-4-2-3-5-14/h6-10,14H,2-5H2,1H3,(H,18,19). The number of thiazole rings is 1. The number of carbonyl (C=O) groups excluding carboxylic acids is 1. The van der Waals surface area contributed by atoms with Crippen LogP contribution in [0.15, 0.2) is 29.6 Å². The maximum Gasteiger partial charge on any atom is 0.251 e. The zero-order chi connectivity index (χ0) is 13.9. The molecule has 4 heteroatoms. The molecule has 0 unspecified atom stereocenters. The van der Waals surface area contributed by atoms with Crippen molar-refractivity contribution in [3.8, 4) is 11.3 Å². The first-order valence-corrected chi connectivity index (χ1v) is 7.94. The van der Waals surface area contributed by atoms with Crippen molar-refractivity contribution in [2.45, 2.75) is 38.6 Å². The lowest BCUT2D eigenvalue weighted by Gasteiger charge is -2.11. The van der Waals surface area contributed by atoms with Crippen molar-refractivity contribution < 1.29 is 4.79 Å². The molecule has 0 saturated heterocycles. The highest BCUT2D eigenvalue weighted by Crippen LogP contribution is 2.22. The number of benzene rings is 1. The Hall–Kier alpha value is -1.68. The molecule has 0 spiro atoms. The molecule has 1 aromatic heterocycles. The van der Waals surface area contributed by atoms with Gasteiger partial charge in [-0.15, -0.1) is 11.3 Å². The van der Waals surface area contributed by atoms with Gasteiger partial charge in [-0.05, 0) is 31.9 Å². The van der Waals surface area contributed by atoms with Crippen molar-refractivity contribution in [3.63, 3.8) is 0 Å². The van der Waals surface area contributed by atoms with Crippen LogP contribution < -0.4 is 5.32 Å². The fourth-order valence-electron chi connectivity index (χ4n) is 2.63. The van der Waals surface area contributed by atoms with Gasteiger partial charge in [-0.2, -0.15) is 0 Å². The molecule has 0 radical (unpaired) electrons. The number of nitrogens with zero attached hydrogens (tertiary/aromatic N) is 1. The van der Waals surface area contributed by atoms with E-state index in [-0.39, 0.29) is 5.91 Å². The Bertz CT molecular complexity index is 597. The minimum absolute atomic E-state index is 0.0397. The van der Waals surface area contributed by atoms with Gasteiger partial charge in [0.2, 0.25) is 0 Å². The summed E-state index contributed by atoms with van der Waals surface area (Å²) in [6, 6.07) is 8.07. The predicted molar refractivity (Wildman–Crippen MR) is 82.0 cm³/mol. The molecule has 1 fully saturated rings. The molecule has 20 heavy (non-hydrogen) atoms. The van der Waals surface area contributed by atoms with Crippen LogP contribution in [0.25, 0.3) is 11.3 Å². The average molecular weight is 286 g/mol. The van der Waals surface area contributed by atoms with Gasteiger partial charge in [0.15, 0.2) is 0 Å².